The van der Waals surface area contributed by atoms with E-state index in [2.05, 4.69) is 15.3 Å². The summed E-state index contributed by atoms with van der Waals surface area (Å²) < 4.78 is 0. The van der Waals surface area contributed by atoms with Gasteiger partial charge >= 0.3 is 0 Å². The number of carbonyl (C=O) groups is 3. The smallest absolute Gasteiger partial charge is 0.243 e. The van der Waals surface area contributed by atoms with Gasteiger partial charge in [-0.2, -0.15) is 0 Å². The van der Waals surface area contributed by atoms with Gasteiger partial charge in [-0.05, 0) is 43.7 Å². The molecule has 0 aliphatic carbocycles. The van der Waals surface area contributed by atoms with Crippen LogP contribution < -0.4 is 16.8 Å². The van der Waals surface area contributed by atoms with Gasteiger partial charge in [0.1, 0.15) is 12.3 Å². The molecule has 1 aliphatic heterocycles. The average molecular weight is 388 g/mol. The zero-order valence-electron chi connectivity index (χ0n) is 15.9. The Morgan fingerprint density at radius 3 is 2.93 bits per heavy atom. The van der Waals surface area contributed by atoms with Crippen molar-refractivity contribution in [2.24, 2.45) is 16.5 Å². The van der Waals surface area contributed by atoms with Gasteiger partial charge in [0.2, 0.25) is 11.8 Å². The molecule has 2 heterocycles. The van der Waals surface area contributed by atoms with Crippen molar-refractivity contribution in [3.05, 3.63) is 30.1 Å². The van der Waals surface area contributed by atoms with Crippen molar-refractivity contribution >= 4 is 24.1 Å². The number of aldehydes is 1. The molecule has 0 radical (unpaired) electrons. The largest absolute Gasteiger partial charge is 0.370 e. The molecular weight excluding hydrogens is 360 g/mol. The minimum atomic E-state index is -0.616. The fourth-order valence-corrected chi connectivity index (χ4v) is 3.25. The highest BCUT2D eigenvalue weighted by Crippen LogP contribution is 2.19. The molecule has 0 saturated carbocycles. The first-order valence-electron chi connectivity index (χ1n) is 9.50. The van der Waals surface area contributed by atoms with E-state index in [0.717, 1.165) is 12.0 Å². The fraction of sp³-hybridized carbons (Fsp3) is 0.526. The van der Waals surface area contributed by atoms with Crippen LogP contribution in [0.5, 0.6) is 0 Å². The average Bonchev–Trinajstić information content (AvgIpc) is 3.19. The molecule has 0 aromatic carbocycles. The number of nitrogens with two attached hydrogens (primary N) is 2. The molecule has 1 aliphatic rings. The number of guanidine groups is 1. The van der Waals surface area contributed by atoms with E-state index in [4.69, 9.17) is 11.5 Å². The van der Waals surface area contributed by atoms with Gasteiger partial charge in [-0.1, -0.05) is 6.07 Å². The number of rotatable bonds is 10. The predicted octanol–water partition coefficient (Wildman–Crippen LogP) is -0.257. The van der Waals surface area contributed by atoms with E-state index in [1.165, 1.54) is 0 Å². The summed E-state index contributed by atoms with van der Waals surface area (Å²) >= 11 is 0. The normalized spacial score (nSPS) is 17.0. The second-order valence-corrected chi connectivity index (χ2v) is 6.81. The van der Waals surface area contributed by atoms with Gasteiger partial charge in [-0.3, -0.25) is 19.6 Å². The number of hydrogen-bond acceptors (Lipinski definition) is 5. The number of likely N-dealkylation sites (tertiary alicyclic amines) is 1. The Hall–Kier alpha value is -2.97. The van der Waals surface area contributed by atoms with E-state index >= 15 is 0 Å². The van der Waals surface area contributed by atoms with Crippen LogP contribution in [-0.4, -0.2) is 59.1 Å². The van der Waals surface area contributed by atoms with Crippen molar-refractivity contribution in [1.82, 2.24) is 15.2 Å². The maximum absolute atomic E-state index is 12.6. The van der Waals surface area contributed by atoms with Crippen LogP contribution in [-0.2, 0) is 20.8 Å². The molecule has 28 heavy (non-hydrogen) atoms. The number of aryl methyl sites for hydroxylation is 1. The minimum absolute atomic E-state index is 0.00178. The molecule has 2 rings (SSSR count). The number of hydrogen-bond donors (Lipinski definition) is 3. The van der Waals surface area contributed by atoms with Crippen LogP contribution in [0.1, 0.15) is 37.7 Å². The lowest BCUT2D eigenvalue weighted by Crippen LogP contribution is -2.49. The van der Waals surface area contributed by atoms with Crippen LogP contribution >= 0.6 is 0 Å². The van der Waals surface area contributed by atoms with Crippen molar-refractivity contribution in [2.45, 2.75) is 50.6 Å². The van der Waals surface area contributed by atoms with E-state index in [-0.39, 0.29) is 17.8 Å². The number of nitrogens with one attached hydrogen (secondary N) is 1. The molecule has 1 fully saturated rings. The van der Waals surface area contributed by atoms with E-state index < -0.39 is 12.1 Å². The number of nitrogens with zero attached hydrogens (tertiary/aromatic N) is 3. The molecule has 9 heteroatoms. The Kier molecular flexibility index (Phi) is 8.38. The Balaban J connectivity index is 1.84. The first kappa shape index (κ1) is 21.3. The van der Waals surface area contributed by atoms with Gasteiger partial charge in [0.15, 0.2) is 5.96 Å². The summed E-state index contributed by atoms with van der Waals surface area (Å²) in [7, 11) is 0. The zero-order valence-corrected chi connectivity index (χ0v) is 15.9. The lowest BCUT2D eigenvalue weighted by atomic mass is 10.1. The lowest BCUT2D eigenvalue weighted by Gasteiger charge is -2.25. The SMILES string of the molecule is NC(N)=NCCC[C@@H](C=O)NC(=O)[C@@H]1CCCN1C(=O)CCc1cccnc1. The first-order valence-corrected chi connectivity index (χ1v) is 9.50. The molecule has 0 bridgehead atoms. The van der Waals surface area contributed by atoms with Crippen LogP contribution in [0.2, 0.25) is 0 Å². The summed E-state index contributed by atoms with van der Waals surface area (Å²) in [5.74, 6) is -0.346. The van der Waals surface area contributed by atoms with Crippen molar-refractivity contribution in [3.8, 4) is 0 Å². The van der Waals surface area contributed by atoms with Crippen LogP contribution in [0.4, 0.5) is 0 Å². The molecule has 1 aromatic heterocycles. The summed E-state index contributed by atoms with van der Waals surface area (Å²) in [6.45, 7) is 0.950. The standard InChI is InChI=1S/C19H28N6O3/c20-19(21)23-10-2-5-15(13-26)24-18(28)16-6-3-11-25(16)17(27)8-7-14-4-1-9-22-12-14/h1,4,9,12-13,15-16H,2-3,5-8,10-11H2,(H,24,28)(H4,20,21,23)/t15-,16-/m0/s1. The van der Waals surface area contributed by atoms with Crippen molar-refractivity contribution < 1.29 is 14.4 Å². The van der Waals surface area contributed by atoms with Gasteiger partial charge in [0.25, 0.3) is 0 Å². The van der Waals surface area contributed by atoms with Gasteiger partial charge < -0.3 is 26.5 Å². The van der Waals surface area contributed by atoms with E-state index in [9.17, 15) is 14.4 Å². The van der Waals surface area contributed by atoms with E-state index in [1.54, 1.807) is 17.3 Å². The molecule has 2 amide bonds. The van der Waals surface area contributed by atoms with Crippen molar-refractivity contribution in [3.63, 3.8) is 0 Å². The zero-order chi connectivity index (χ0) is 20.4. The monoisotopic (exact) mass is 388 g/mol. The van der Waals surface area contributed by atoms with Crippen LogP contribution in [0, 0.1) is 0 Å². The second-order valence-electron chi connectivity index (χ2n) is 6.81. The number of aliphatic imine (C=N–C) groups is 1. The summed E-state index contributed by atoms with van der Waals surface area (Å²) in [4.78, 5) is 46.0. The second kappa shape index (κ2) is 11.0. The summed E-state index contributed by atoms with van der Waals surface area (Å²) in [6, 6.07) is 2.61. The molecule has 1 aromatic rings. The molecular formula is C19H28N6O3. The summed E-state index contributed by atoms with van der Waals surface area (Å²) in [5.41, 5.74) is 11.5. The van der Waals surface area contributed by atoms with Crippen LogP contribution in [0.3, 0.4) is 0 Å². The topological polar surface area (TPSA) is 144 Å². The van der Waals surface area contributed by atoms with Crippen molar-refractivity contribution in [2.75, 3.05) is 13.1 Å². The van der Waals surface area contributed by atoms with Gasteiger partial charge in [-0.25, -0.2) is 0 Å². The summed E-state index contributed by atoms with van der Waals surface area (Å²) in [6.07, 6.45) is 7.41. The third kappa shape index (κ3) is 6.64. The molecule has 1 saturated heterocycles. The Morgan fingerprint density at radius 2 is 2.25 bits per heavy atom. The fourth-order valence-electron chi connectivity index (χ4n) is 3.25. The lowest BCUT2D eigenvalue weighted by molar-refractivity contribution is -0.139. The van der Waals surface area contributed by atoms with Crippen LogP contribution in [0.15, 0.2) is 29.5 Å². The molecule has 9 nitrogen and oxygen atoms in total. The predicted molar refractivity (Wildman–Crippen MR) is 105 cm³/mol. The molecule has 0 unspecified atom stereocenters. The number of pyridine rings is 1. The van der Waals surface area contributed by atoms with Crippen LogP contribution in [0.25, 0.3) is 0 Å². The highest BCUT2D eigenvalue weighted by atomic mass is 16.2. The van der Waals surface area contributed by atoms with Gasteiger partial charge in [0.05, 0.1) is 6.04 Å². The Labute approximate surface area is 164 Å². The maximum Gasteiger partial charge on any atom is 0.243 e. The molecule has 0 spiro atoms. The minimum Gasteiger partial charge on any atom is -0.370 e. The van der Waals surface area contributed by atoms with Gasteiger partial charge in [-0.15, -0.1) is 0 Å². The van der Waals surface area contributed by atoms with E-state index in [0.29, 0.717) is 51.5 Å². The number of aromatic nitrogens is 1. The summed E-state index contributed by atoms with van der Waals surface area (Å²) in [5, 5.41) is 2.73. The first-order chi connectivity index (χ1) is 13.5. The van der Waals surface area contributed by atoms with Gasteiger partial charge in [0, 0.05) is 31.9 Å². The third-order valence-electron chi connectivity index (χ3n) is 4.69. The number of amides is 2. The third-order valence-corrected chi connectivity index (χ3v) is 4.69. The highest BCUT2D eigenvalue weighted by Gasteiger charge is 2.34. The Morgan fingerprint density at radius 1 is 1.43 bits per heavy atom. The molecule has 5 N–H and O–H groups in total. The Bertz CT molecular complexity index is 690. The molecule has 2 atom stereocenters. The van der Waals surface area contributed by atoms with E-state index in [1.807, 2.05) is 12.1 Å². The number of carbonyl (C=O) groups excluding carboxylic acids is 3. The van der Waals surface area contributed by atoms with Crippen molar-refractivity contribution in [1.29, 1.82) is 0 Å². The quantitative estimate of drug-likeness (QED) is 0.218. The highest BCUT2D eigenvalue weighted by molar-refractivity contribution is 5.89. The molecule has 152 valence electrons. The maximum atomic E-state index is 12.6.